The van der Waals surface area contributed by atoms with Gasteiger partial charge in [0.05, 0.1) is 26.1 Å². The van der Waals surface area contributed by atoms with Crippen LogP contribution in [-0.4, -0.2) is 85.5 Å². The number of ketones is 1. The minimum Gasteiger partial charge on any atom is -0.493 e. The quantitative estimate of drug-likeness (QED) is 0.0989. The van der Waals surface area contributed by atoms with Crippen LogP contribution in [0.1, 0.15) is 84.0 Å². The fourth-order valence-corrected chi connectivity index (χ4v) is 5.75. The Kier molecular flexibility index (Phi) is 15.3. The summed E-state index contributed by atoms with van der Waals surface area (Å²) in [7, 11) is 3.07. The summed E-state index contributed by atoms with van der Waals surface area (Å²) in [5, 5.41) is 2.75. The van der Waals surface area contributed by atoms with Crippen molar-refractivity contribution < 1.29 is 52.5 Å². The monoisotopic (exact) mass is 751 g/mol. The van der Waals surface area contributed by atoms with Crippen LogP contribution < -0.4 is 20.5 Å². The average Bonchev–Trinajstić information content (AvgIpc) is 3.13. The Labute approximate surface area is 316 Å². The first-order valence-electron chi connectivity index (χ1n) is 17.8. The number of hydrogen-bond acceptors (Lipinski definition) is 12. The highest BCUT2D eigenvalue weighted by Gasteiger charge is 2.42. The van der Waals surface area contributed by atoms with Gasteiger partial charge in [0.2, 0.25) is 11.7 Å². The second-order valence-electron chi connectivity index (χ2n) is 14.7. The lowest BCUT2D eigenvalue weighted by Crippen LogP contribution is -2.53. The van der Waals surface area contributed by atoms with Crippen LogP contribution in [0.2, 0.25) is 0 Å². The van der Waals surface area contributed by atoms with E-state index in [4.69, 9.17) is 29.4 Å². The van der Waals surface area contributed by atoms with Crippen LogP contribution in [0.15, 0.2) is 55.1 Å². The molecule has 2 aromatic carbocycles. The smallest absolute Gasteiger partial charge is 0.330 e. The van der Waals surface area contributed by atoms with Crippen molar-refractivity contribution in [3.05, 3.63) is 66.2 Å². The summed E-state index contributed by atoms with van der Waals surface area (Å²) in [6, 6.07) is 9.98. The van der Waals surface area contributed by atoms with Crippen LogP contribution in [0.3, 0.4) is 0 Å². The standard InChI is InChI=1S/C40H53N3O11/c1-9-34(45)52-24-40(5,6)35(46)36(47)43-20-11-10-15-29(43)38(49)53-30(18-16-25-17-19-31(50-7)32(21-25)51-8)26-13-12-14-27(22-26)42-33(44)23-28(41)37(48)54-39(2,3)4/h9,12-14,17,19,21-22,28-30H,1,10-11,15-16,18,20,23-24,41H2,2-8H3,(H,42,44)/t28-,29-,30+/m0/s1. The van der Waals surface area contributed by atoms with E-state index in [-0.39, 0.29) is 26.0 Å². The van der Waals surface area contributed by atoms with Gasteiger partial charge in [0.25, 0.3) is 5.91 Å². The molecule has 0 aliphatic carbocycles. The molecule has 294 valence electrons. The largest absolute Gasteiger partial charge is 0.493 e. The molecule has 3 atom stereocenters. The third-order valence-corrected chi connectivity index (χ3v) is 8.65. The number of anilines is 1. The molecule has 14 nitrogen and oxygen atoms in total. The second-order valence-corrected chi connectivity index (χ2v) is 14.7. The van der Waals surface area contributed by atoms with Crippen molar-refractivity contribution >= 4 is 41.2 Å². The van der Waals surface area contributed by atoms with Gasteiger partial charge >= 0.3 is 17.9 Å². The van der Waals surface area contributed by atoms with Gasteiger partial charge in [-0.2, -0.15) is 0 Å². The molecule has 14 heteroatoms. The lowest BCUT2D eigenvalue weighted by atomic mass is 9.87. The summed E-state index contributed by atoms with van der Waals surface area (Å²) in [6.07, 6.45) is 2.00. The molecule has 1 heterocycles. The summed E-state index contributed by atoms with van der Waals surface area (Å²) < 4.78 is 27.3. The molecule has 1 fully saturated rings. The number of aryl methyl sites for hydroxylation is 1. The van der Waals surface area contributed by atoms with E-state index in [9.17, 15) is 28.8 Å². The Morgan fingerprint density at radius 2 is 1.69 bits per heavy atom. The summed E-state index contributed by atoms with van der Waals surface area (Å²) in [5.41, 5.74) is 5.61. The van der Waals surface area contributed by atoms with Crippen molar-refractivity contribution in [3.8, 4) is 11.5 Å². The molecule has 0 spiro atoms. The van der Waals surface area contributed by atoms with Gasteiger partial charge in [-0.05, 0) is 102 Å². The highest BCUT2D eigenvalue weighted by Crippen LogP contribution is 2.32. The molecule has 1 aliphatic rings. The molecule has 2 amide bonds. The van der Waals surface area contributed by atoms with Crippen LogP contribution in [0.25, 0.3) is 0 Å². The fraction of sp³-hybridized carbons (Fsp3) is 0.500. The molecular weight excluding hydrogens is 698 g/mol. The molecule has 3 rings (SSSR count). The molecular formula is C40H53N3O11. The van der Waals surface area contributed by atoms with E-state index < -0.39 is 64.7 Å². The minimum absolute atomic E-state index is 0.163. The normalized spacial score (nSPS) is 15.6. The van der Waals surface area contributed by atoms with Gasteiger partial charge in [-0.25, -0.2) is 9.59 Å². The molecule has 0 bridgehead atoms. The molecule has 0 aromatic heterocycles. The number of methoxy groups -OCH3 is 2. The number of ether oxygens (including phenoxy) is 5. The van der Waals surface area contributed by atoms with Gasteiger partial charge in [-0.1, -0.05) is 24.8 Å². The van der Waals surface area contributed by atoms with Crippen molar-refractivity contribution in [2.45, 2.75) is 96.9 Å². The zero-order valence-corrected chi connectivity index (χ0v) is 32.2. The number of piperidine rings is 1. The molecule has 3 N–H and O–H groups in total. The molecule has 1 saturated heterocycles. The number of amides is 2. The van der Waals surface area contributed by atoms with Gasteiger partial charge in [-0.3, -0.25) is 19.2 Å². The summed E-state index contributed by atoms with van der Waals surface area (Å²) >= 11 is 0. The van der Waals surface area contributed by atoms with Crippen molar-refractivity contribution in [3.63, 3.8) is 0 Å². The van der Waals surface area contributed by atoms with Crippen LogP contribution in [0.5, 0.6) is 11.5 Å². The van der Waals surface area contributed by atoms with Crippen LogP contribution in [0.4, 0.5) is 5.69 Å². The lowest BCUT2D eigenvalue weighted by Gasteiger charge is -2.36. The maximum absolute atomic E-state index is 14.0. The minimum atomic E-state index is -1.36. The molecule has 54 heavy (non-hydrogen) atoms. The predicted octanol–water partition coefficient (Wildman–Crippen LogP) is 4.62. The number of Topliss-reactive ketones (excluding diaryl/α,β-unsaturated/α-hetero) is 1. The van der Waals surface area contributed by atoms with Crippen molar-refractivity contribution in [1.29, 1.82) is 0 Å². The molecule has 0 radical (unpaired) electrons. The van der Waals surface area contributed by atoms with Crippen molar-refractivity contribution in [1.82, 2.24) is 4.90 Å². The Morgan fingerprint density at radius 1 is 0.981 bits per heavy atom. The van der Waals surface area contributed by atoms with Crippen molar-refractivity contribution in [2.24, 2.45) is 11.1 Å². The topological polar surface area (TPSA) is 190 Å². The van der Waals surface area contributed by atoms with E-state index in [0.29, 0.717) is 48.4 Å². The van der Waals surface area contributed by atoms with Crippen molar-refractivity contribution in [2.75, 3.05) is 32.7 Å². The molecule has 2 aromatic rings. The molecule has 0 unspecified atom stereocenters. The maximum atomic E-state index is 14.0. The Morgan fingerprint density at radius 3 is 2.33 bits per heavy atom. The number of nitrogens with two attached hydrogens (primary N) is 1. The molecule has 1 aliphatic heterocycles. The fourth-order valence-electron chi connectivity index (χ4n) is 5.75. The summed E-state index contributed by atoms with van der Waals surface area (Å²) in [6.45, 7) is 11.2. The Hall–Kier alpha value is -5.24. The lowest BCUT2D eigenvalue weighted by molar-refractivity contribution is -0.165. The van der Waals surface area contributed by atoms with E-state index in [1.807, 2.05) is 12.1 Å². The highest BCUT2D eigenvalue weighted by molar-refractivity contribution is 6.38. The number of benzene rings is 2. The zero-order chi connectivity index (χ0) is 40.2. The van der Waals surface area contributed by atoms with E-state index in [1.165, 1.54) is 33.0 Å². The highest BCUT2D eigenvalue weighted by atomic mass is 16.6. The van der Waals surface area contributed by atoms with E-state index in [2.05, 4.69) is 11.9 Å². The number of esters is 3. The predicted molar refractivity (Wildman–Crippen MR) is 200 cm³/mol. The zero-order valence-electron chi connectivity index (χ0n) is 32.2. The van der Waals surface area contributed by atoms with E-state index >= 15 is 0 Å². The summed E-state index contributed by atoms with van der Waals surface area (Å²) in [4.78, 5) is 79.1. The third kappa shape index (κ3) is 12.4. The average molecular weight is 752 g/mol. The van der Waals surface area contributed by atoms with E-state index in [1.54, 1.807) is 51.1 Å². The first-order chi connectivity index (χ1) is 25.4. The SMILES string of the molecule is C=CC(=O)OCC(C)(C)C(=O)C(=O)N1CCCC[C@H]1C(=O)O[C@H](CCc1ccc(OC)c(OC)c1)c1cccc(NC(=O)C[C@H](N)C(=O)OC(C)(C)C)c1. The van der Waals surface area contributed by atoms with Gasteiger partial charge in [0, 0.05) is 18.3 Å². The second kappa shape index (κ2) is 19.2. The number of likely N-dealkylation sites (tertiary alicyclic amines) is 1. The Balaban J connectivity index is 1.86. The number of carbonyl (C=O) groups is 6. The molecule has 0 saturated carbocycles. The van der Waals surface area contributed by atoms with Crippen LogP contribution in [0, 0.1) is 5.41 Å². The third-order valence-electron chi connectivity index (χ3n) is 8.65. The van der Waals surface area contributed by atoms with E-state index in [0.717, 1.165) is 11.6 Å². The Bertz CT molecular complexity index is 1700. The van der Waals surface area contributed by atoms with Crippen LogP contribution in [-0.2, 0) is 49.4 Å². The number of rotatable bonds is 17. The van der Waals surface area contributed by atoms with Gasteiger partial charge in [-0.15, -0.1) is 0 Å². The first kappa shape index (κ1) is 43.2. The number of carbonyl (C=O) groups excluding carboxylic acids is 6. The van der Waals surface area contributed by atoms with Gasteiger partial charge < -0.3 is 39.6 Å². The number of hydrogen-bond donors (Lipinski definition) is 2. The van der Waals surface area contributed by atoms with Crippen LogP contribution >= 0.6 is 0 Å². The van der Waals surface area contributed by atoms with Gasteiger partial charge in [0.15, 0.2) is 11.5 Å². The van der Waals surface area contributed by atoms with Gasteiger partial charge in [0.1, 0.15) is 30.4 Å². The summed E-state index contributed by atoms with van der Waals surface area (Å²) in [5.74, 6) is -3.24. The number of nitrogens with zero attached hydrogens (tertiary/aromatic N) is 1. The maximum Gasteiger partial charge on any atom is 0.330 e. The number of nitrogens with one attached hydrogen (secondary N) is 1. The first-order valence-corrected chi connectivity index (χ1v) is 17.8.